The van der Waals surface area contributed by atoms with Crippen molar-refractivity contribution in [3.05, 3.63) is 28.0 Å². The molecule has 6 nitrogen and oxygen atoms in total. The summed E-state index contributed by atoms with van der Waals surface area (Å²) >= 11 is 11.8. The van der Waals surface area contributed by atoms with Crippen LogP contribution < -0.4 is 0 Å². The van der Waals surface area contributed by atoms with Crippen LogP contribution in [-0.4, -0.2) is 54.7 Å². The molecular weight excluding hydrogens is 319 g/mol. The molecule has 0 aliphatic carbocycles. The molecule has 114 valence electrons. The lowest BCUT2D eigenvalue weighted by molar-refractivity contribution is -0.145. The van der Waals surface area contributed by atoms with Gasteiger partial charge in [0.1, 0.15) is 5.15 Å². The Hall–Kier alpha value is -1.37. The Morgan fingerprint density at radius 1 is 1.52 bits per heavy atom. The molecule has 0 aromatic carbocycles. The summed E-state index contributed by atoms with van der Waals surface area (Å²) in [6, 6.07) is 1.43. The highest BCUT2D eigenvalue weighted by atomic mass is 35.5. The van der Waals surface area contributed by atoms with Gasteiger partial charge >= 0.3 is 5.97 Å². The van der Waals surface area contributed by atoms with Gasteiger partial charge in [0.25, 0.3) is 5.91 Å². The minimum atomic E-state index is -0.383. The Morgan fingerprint density at radius 2 is 2.29 bits per heavy atom. The number of methoxy groups -OCH3 is 1. The van der Waals surface area contributed by atoms with Crippen molar-refractivity contribution in [3.8, 4) is 0 Å². The Morgan fingerprint density at radius 3 is 3.00 bits per heavy atom. The van der Waals surface area contributed by atoms with Crippen LogP contribution in [0.3, 0.4) is 0 Å². The van der Waals surface area contributed by atoms with Gasteiger partial charge in [0.05, 0.1) is 36.8 Å². The minimum absolute atomic E-state index is 0.102. The number of aromatic nitrogens is 1. The summed E-state index contributed by atoms with van der Waals surface area (Å²) in [4.78, 5) is 29.1. The molecule has 0 radical (unpaired) electrons. The van der Waals surface area contributed by atoms with E-state index in [0.29, 0.717) is 19.7 Å². The molecule has 0 bridgehead atoms. The summed E-state index contributed by atoms with van der Waals surface area (Å²) in [6.45, 7) is 1.07. The number of hydrogen-bond acceptors (Lipinski definition) is 5. The number of halogens is 2. The van der Waals surface area contributed by atoms with Crippen LogP contribution in [-0.2, 0) is 14.3 Å². The van der Waals surface area contributed by atoms with Crippen molar-refractivity contribution < 1.29 is 19.1 Å². The van der Waals surface area contributed by atoms with Gasteiger partial charge in [-0.25, -0.2) is 4.98 Å². The quantitative estimate of drug-likeness (QED) is 0.623. The highest BCUT2D eigenvalue weighted by Gasteiger charge is 2.28. The van der Waals surface area contributed by atoms with Crippen molar-refractivity contribution in [3.63, 3.8) is 0 Å². The number of nitrogens with zero attached hydrogens (tertiary/aromatic N) is 2. The number of pyridine rings is 1. The van der Waals surface area contributed by atoms with E-state index in [1.165, 1.54) is 19.4 Å². The van der Waals surface area contributed by atoms with Gasteiger partial charge in [0, 0.05) is 19.3 Å². The van der Waals surface area contributed by atoms with Gasteiger partial charge in [-0.1, -0.05) is 23.2 Å². The van der Waals surface area contributed by atoms with Crippen LogP contribution in [0.15, 0.2) is 12.3 Å². The standard InChI is InChI=1S/C13H14Cl2N2O4/c1-20-12(18)4-8-7-17(2-3-21-8)13(19)9-5-11(15)16-6-10(9)14/h5-6,8H,2-4,7H2,1H3. The molecule has 1 amide bonds. The lowest BCUT2D eigenvalue weighted by atomic mass is 10.1. The molecule has 8 heteroatoms. The number of carbonyl (C=O) groups is 2. The first-order chi connectivity index (χ1) is 10.0. The SMILES string of the molecule is COC(=O)CC1CN(C(=O)c2cc(Cl)ncc2Cl)CCO1. The molecule has 1 aromatic rings. The van der Waals surface area contributed by atoms with E-state index in [2.05, 4.69) is 9.72 Å². The smallest absolute Gasteiger partial charge is 0.308 e. The highest BCUT2D eigenvalue weighted by molar-refractivity contribution is 6.35. The molecule has 0 N–H and O–H groups in total. The molecule has 1 fully saturated rings. The van der Waals surface area contributed by atoms with Gasteiger partial charge in [-0.2, -0.15) is 0 Å². The van der Waals surface area contributed by atoms with Crippen molar-refractivity contribution in [1.82, 2.24) is 9.88 Å². The maximum absolute atomic E-state index is 12.5. The number of amides is 1. The topological polar surface area (TPSA) is 68.7 Å². The highest BCUT2D eigenvalue weighted by Crippen LogP contribution is 2.21. The molecule has 21 heavy (non-hydrogen) atoms. The van der Waals surface area contributed by atoms with E-state index in [9.17, 15) is 9.59 Å². The Bertz CT molecular complexity index is 553. The summed E-state index contributed by atoms with van der Waals surface area (Å²) in [6.07, 6.45) is 1.06. The third-order valence-corrected chi connectivity index (χ3v) is 3.61. The van der Waals surface area contributed by atoms with Gasteiger partial charge in [-0.15, -0.1) is 0 Å². The van der Waals surface area contributed by atoms with Crippen molar-refractivity contribution in [1.29, 1.82) is 0 Å². The molecule has 0 saturated carbocycles. The third-order valence-electron chi connectivity index (χ3n) is 3.10. The first-order valence-electron chi connectivity index (χ1n) is 6.30. The van der Waals surface area contributed by atoms with E-state index in [4.69, 9.17) is 27.9 Å². The number of hydrogen-bond donors (Lipinski definition) is 0. The predicted octanol–water partition coefficient (Wildman–Crippen LogP) is 1.79. The van der Waals surface area contributed by atoms with E-state index in [-0.39, 0.29) is 40.1 Å². The van der Waals surface area contributed by atoms with E-state index in [1.54, 1.807) is 4.90 Å². The fourth-order valence-electron chi connectivity index (χ4n) is 2.04. The number of morpholine rings is 1. The normalized spacial score (nSPS) is 18.4. The molecule has 2 rings (SSSR count). The van der Waals surface area contributed by atoms with E-state index < -0.39 is 0 Å². The van der Waals surface area contributed by atoms with Crippen molar-refractivity contribution in [2.45, 2.75) is 12.5 Å². The molecule has 1 unspecified atom stereocenters. The minimum Gasteiger partial charge on any atom is -0.469 e. The Labute approximate surface area is 131 Å². The second-order valence-corrected chi connectivity index (χ2v) is 5.31. The van der Waals surface area contributed by atoms with Crippen LogP contribution in [0.25, 0.3) is 0 Å². The van der Waals surface area contributed by atoms with Crippen LogP contribution in [0, 0.1) is 0 Å². The zero-order chi connectivity index (χ0) is 15.4. The molecule has 1 saturated heterocycles. The first kappa shape index (κ1) is 16.0. The van der Waals surface area contributed by atoms with Crippen LogP contribution in [0.5, 0.6) is 0 Å². The predicted molar refractivity (Wildman–Crippen MR) is 76.5 cm³/mol. The lowest BCUT2D eigenvalue weighted by Crippen LogP contribution is -2.46. The Kier molecular flexibility index (Phi) is 5.39. The first-order valence-corrected chi connectivity index (χ1v) is 7.05. The molecule has 1 aromatic heterocycles. The number of esters is 1. The van der Waals surface area contributed by atoms with E-state index >= 15 is 0 Å². The van der Waals surface area contributed by atoms with Gasteiger partial charge in [0.15, 0.2) is 0 Å². The van der Waals surface area contributed by atoms with E-state index in [1.807, 2.05) is 0 Å². The molecule has 2 heterocycles. The maximum Gasteiger partial charge on any atom is 0.308 e. The van der Waals surface area contributed by atoms with Crippen LogP contribution in [0.2, 0.25) is 10.2 Å². The Balaban J connectivity index is 2.08. The molecule has 1 aliphatic rings. The van der Waals surface area contributed by atoms with Gasteiger partial charge < -0.3 is 14.4 Å². The van der Waals surface area contributed by atoms with Crippen molar-refractivity contribution in [2.24, 2.45) is 0 Å². The lowest BCUT2D eigenvalue weighted by Gasteiger charge is -2.32. The maximum atomic E-state index is 12.5. The van der Waals surface area contributed by atoms with Gasteiger partial charge in [0.2, 0.25) is 0 Å². The van der Waals surface area contributed by atoms with Crippen molar-refractivity contribution >= 4 is 35.1 Å². The van der Waals surface area contributed by atoms with Crippen molar-refractivity contribution in [2.75, 3.05) is 26.8 Å². The fourth-order valence-corrected chi connectivity index (χ4v) is 2.39. The molecular formula is C13H14Cl2N2O4. The number of rotatable bonds is 3. The summed E-state index contributed by atoms with van der Waals surface area (Å²) in [7, 11) is 1.31. The summed E-state index contributed by atoms with van der Waals surface area (Å²) in [5, 5.41) is 0.433. The largest absolute Gasteiger partial charge is 0.469 e. The molecule has 1 atom stereocenters. The molecule has 0 spiro atoms. The number of ether oxygens (including phenoxy) is 2. The second kappa shape index (κ2) is 7.06. The zero-order valence-electron chi connectivity index (χ0n) is 11.3. The third kappa shape index (κ3) is 4.06. The van der Waals surface area contributed by atoms with Crippen LogP contribution in [0.1, 0.15) is 16.8 Å². The number of carbonyl (C=O) groups excluding carboxylic acids is 2. The van der Waals surface area contributed by atoms with Crippen LogP contribution >= 0.6 is 23.2 Å². The average molecular weight is 333 g/mol. The second-order valence-electron chi connectivity index (χ2n) is 4.51. The van der Waals surface area contributed by atoms with Gasteiger partial charge in [-0.3, -0.25) is 9.59 Å². The van der Waals surface area contributed by atoms with Gasteiger partial charge in [-0.05, 0) is 6.07 Å². The monoisotopic (exact) mass is 332 g/mol. The summed E-state index contributed by atoms with van der Waals surface area (Å²) in [5.41, 5.74) is 0.287. The zero-order valence-corrected chi connectivity index (χ0v) is 12.9. The van der Waals surface area contributed by atoms with E-state index in [0.717, 1.165) is 0 Å². The average Bonchev–Trinajstić information content (AvgIpc) is 2.49. The summed E-state index contributed by atoms with van der Waals surface area (Å²) < 4.78 is 10.1. The fraction of sp³-hybridized carbons (Fsp3) is 0.462. The molecule has 1 aliphatic heterocycles. The summed E-state index contributed by atoms with van der Waals surface area (Å²) in [5.74, 6) is -0.637. The van der Waals surface area contributed by atoms with Crippen LogP contribution in [0.4, 0.5) is 0 Å².